The molecule has 19 heavy (non-hydrogen) atoms. The lowest BCUT2D eigenvalue weighted by atomic mass is 10.2. The number of benzene rings is 1. The van der Waals surface area contributed by atoms with Gasteiger partial charge < -0.3 is 5.32 Å². The maximum absolute atomic E-state index is 12.2. The Bertz CT molecular complexity index is 534. The topological polar surface area (TPSA) is 24.9 Å². The average Bonchev–Trinajstić information content (AvgIpc) is 2.37. The van der Waals surface area contributed by atoms with Crippen molar-refractivity contribution in [2.45, 2.75) is 17.2 Å². The number of aromatic nitrogens is 1. The summed E-state index contributed by atoms with van der Waals surface area (Å²) in [6, 6.07) is 8.91. The number of thioether (sulfide) groups is 1. The van der Waals surface area contributed by atoms with Crippen molar-refractivity contribution in [3.05, 3.63) is 52.8 Å². The standard InChI is InChI=1S/C13H11BrF2N2S/c14-10-5-9(6-17-8-10)7-18-11-1-3-12(4-2-11)19-13(15)16/h1-6,8,13,18H,7H2. The van der Waals surface area contributed by atoms with E-state index in [9.17, 15) is 8.78 Å². The van der Waals surface area contributed by atoms with E-state index in [0.717, 1.165) is 15.7 Å². The molecule has 0 aliphatic heterocycles. The molecule has 0 bridgehead atoms. The molecule has 0 aliphatic rings. The van der Waals surface area contributed by atoms with Crippen molar-refractivity contribution in [2.75, 3.05) is 5.32 Å². The first kappa shape index (κ1) is 14.3. The third-order valence-corrected chi connectivity index (χ3v) is 3.49. The molecule has 0 saturated carbocycles. The lowest BCUT2D eigenvalue weighted by Crippen LogP contribution is -1.99. The van der Waals surface area contributed by atoms with Crippen LogP contribution in [0.2, 0.25) is 0 Å². The van der Waals surface area contributed by atoms with Crippen LogP contribution in [0.5, 0.6) is 0 Å². The molecule has 1 heterocycles. The van der Waals surface area contributed by atoms with Gasteiger partial charge in [-0.3, -0.25) is 4.98 Å². The highest BCUT2D eigenvalue weighted by molar-refractivity contribution is 9.10. The summed E-state index contributed by atoms with van der Waals surface area (Å²) in [6.45, 7) is 0.633. The molecule has 2 rings (SSSR count). The Morgan fingerprint density at radius 1 is 1.21 bits per heavy atom. The molecule has 0 radical (unpaired) electrons. The van der Waals surface area contributed by atoms with E-state index >= 15 is 0 Å². The first-order valence-corrected chi connectivity index (χ1v) is 7.19. The fourth-order valence-electron chi connectivity index (χ4n) is 1.51. The van der Waals surface area contributed by atoms with Crippen LogP contribution >= 0.6 is 27.7 Å². The zero-order valence-corrected chi connectivity index (χ0v) is 12.2. The monoisotopic (exact) mass is 344 g/mol. The number of alkyl halides is 2. The van der Waals surface area contributed by atoms with Crippen molar-refractivity contribution in [2.24, 2.45) is 0 Å². The first-order valence-electron chi connectivity index (χ1n) is 5.51. The van der Waals surface area contributed by atoms with Crippen LogP contribution in [-0.4, -0.2) is 10.7 Å². The lowest BCUT2D eigenvalue weighted by molar-refractivity contribution is 0.252. The van der Waals surface area contributed by atoms with Crippen LogP contribution in [0.15, 0.2) is 52.1 Å². The minimum Gasteiger partial charge on any atom is -0.381 e. The van der Waals surface area contributed by atoms with Crippen LogP contribution in [0.3, 0.4) is 0 Å². The Morgan fingerprint density at radius 3 is 2.58 bits per heavy atom. The summed E-state index contributed by atoms with van der Waals surface area (Å²) in [6.07, 6.45) is 3.50. The number of anilines is 1. The van der Waals surface area contributed by atoms with Gasteiger partial charge in [0.2, 0.25) is 0 Å². The van der Waals surface area contributed by atoms with Gasteiger partial charge in [0.15, 0.2) is 0 Å². The SMILES string of the molecule is FC(F)Sc1ccc(NCc2cncc(Br)c2)cc1. The van der Waals surface area contributed by atoms with Gasteiger partial charge in [0.05, 0.1) is 0 Å². The summed E-state index contributed by atoms with van der Waals surface area (Å²) in [7, 11) is 0. The van der Waals surface area contributed by atoms with Gasteiger partial charge in [0.25, 0.3) is 5.76 Å². The van der Waals surface area contributed by atoms with Crippen LogP contribution in [0.4, 0.5) is 14.5 Å². The molecule has 2 nitrogen and oxygen atoms in total. The Morgan fingerprint density at radius 2 is 1.95 bits per heavy atom. The number of hydrogen-bond acceptors (Lipinski definition) is 3. The van der Waals surface area contributed by atoms with E-state index in [1.165, 1.54) is 0 Å². The molecule has 0 atom stereocenters. The summed E-state index contributed by atoms with van der Waals surface area (Å²) >= 11 is 3.90. The van der Waals surface area contributed by atoms with E-state index in [1.807, 2.05) is 6.07 Å². The molecule has 0 aliphatic carbocycles. The molecule has 0 spiro atoms. The van der Waals surface area contributed by atoms with Crippen LogP contribution in [0.25, 0.3) is 0 Å². The van der Waals surface area contributed by atoms with Crippen LogP contribution in [0, 0.1) is 0 Å². The zero-order valence-electron chi connectivity index (χ0n) is 9.82. The summed E-state index contributed by atoms with van der Waals surface area (Å²) in [4.78, 5) is 4.63. The van der Waals surface area contributed by atoms with Crippen molar-refractivity contribution in [3.63, 3.8) is 0 Å². The molecule has 1 N–H and O–H groups in total. The molecule has 1 aromatic heterocycles. The molecule has 1 aromatic carbocycles. The van der Waals surface area contributed by atoms with E-state index in [0.29, 0.717) is 23.2 Å². The van der Waals surface area contributed by atoms with Crippen molar-refractivity contribution in [3.8, 4) is 0 Å². The lowest BCUT2D eigenvalue weighted by Gasteiger charge is -2.07. The van der Waals surface area contributed by atoms with Gasteiger partial charge >= 0.3 is 0 Å². The maximum Gasteiger partial charge on any atom is 0.288 e. The number of pyridine rings is 1. The van der Waals surface area contributed by atoms with Gasteiger partial charge in [-0.1, -0.05) is 11.8 Å². The van der Waals surface area contributed by atoms with Crippen molar-refractivity contribution < 1.29 is 8.78 Å². The molecule has 0 unspecified atom stereocenters. The van der Waals surface area contributed by atoms with Crippen LogP contribution < -0.4 is 5.32 Å². The van der Waals surface area contributed by atoms with E-state index in [4.69, 9.17) is 0 Å². The number of nitrogens with one attached hydrogen (secondary N) is 1. The van der Waals surface area contributed by atoms with Gasteiger partial charge in [-0.2, -0.15) is 8.78 Å². The predicted molar refractivity (Wildman–Crippen MR) is 77.6 cm³/mol. The molecular formula is C13H11BrF2N2S. The summed E-state index contributed by atoms with van der Waals surface area (Å²) < 4.78 is 25.3. The van der Waals surface area contributed by atoms with Crippen LogP contribution in [-0.2, 0) is 6.54 Å². The molecule has 0 fully saturated rings. The third kappa shape index (κ3) is 4.80. The highest BCUT2D eigenvalue weighted by atomic mass is 79.9. The Balaban J connectivity index is 1.93. The van der Waals surface area contributed by atoms with Gasteiger partial charge in [0.1, 0.15) is 0 Å². The normalized spacial score (nSPS) is 10.7. The second-order valence-corrected chi connectivity index (χ2v) is 5.75. The first-order chi connectivity index (χ1) is 9.13. The molecular weight excluding hydrogens is 334 g/mol. The second kappa shape index (κ2) is 6.86. The Kier molecular flexibility index (Phi) is 5.15. The third-order valence-electron chi connectivity index (χ3n) is 2.34. The van der Waals surface area contributed by atoms with E-state index in [2.05, 4.69) is 26.2 Å². The van der Waals surface area contributed by atoms with Crippen molar-refractivity contribution in [1.29, 1.82) is 0 Å². The summed E-state index contributed by atoms with van der Waals surface area (Å²) in [5, 5.41) is 3.21. The highest BCUT2D eigenvalue weighted by Crippen LogP contribution is 2.26. The van der Waals surface area contributed by atoms with Gasteiger partial charge in [-0.05, 0) is 51.8 Å². The van der Waals surface area contributed by atoms with Gasteiger partial charge in [-0.15, -0.1) is 0 Å². The van der Waals surface area contributed by atoms with Gasteiger partial charge in [0, 0.05) is 34.0 Å². The second-order valence-electron chi connectivity index (χ2n) is 3.77. The van der Waals surface area contributed by atoms with Crippen molar-refractivity contribution in [1.82, 2.24) is 4.98 Å². The Labute approximate surface area is 122 Å². The molecule has 6 heteroatoms. The quantitative estimate of drug-likeness (QED) is 0.790. The van der Waals surface area contributed by atoms with E-state index in [-0.39, 0.29) is 0 Å². The minimum absolute atomic E-state index is 0.546. The fourth-order valence-corrected chi connectivity index (χ4v) is 2.42. The highest BCUT2D eigenvalue weighted by Gasteiger charge is 2.04. The van der Waals surface area contributed by atoms with Crippen molar-refractivity contribution >= 4 is 33.4 Å². The van der Waals surface area contributed by atoms with E-state index < -0.39 is 5.76 Å². The minimum atomic E-state index is -2.38. The predicted octanol–water partition coefficient (Wildman–Crippen LogP) is 4.77. The number of hydrogen-bond donors (Lipinski definition) is 1. The molecule has 100 valence electrons. The summed E-state index contributed by atoms with van der Waals surface area (Å²) in [5.74, 6) is -2.38. The van der Waals surface area contributed by atoms with E-state index in [1.54, 1.807) is 36.7 Å². The smallest absolute Gasteiger partial charge is 0.288 e. The maximum atomic E-state index is 12.2. The zero-order chi connectivity index (χ0) is 13.7. The van der Waals surface area contributed by atoms with Gasteiger partial charge in [-0.25, -0.2) is 0 Å². The average molecular weight is 345 g/mol. The molecule has 0 amide bonds. The Hall–Kier alpha value is -1.14. The van der Waals surface area contributed by atoms with Crippen LogP contribution in [0.1, 0.15) is 5.56 Å². The number of rotatable bonds is 5. The molecule has 2 aromatic rings. The number of halogens is 3. The molecule has 0 saturated heterocycles. The fraction of sp³-hybridized carbons (Fsp3) is 0.154. The summed E-state index contributed by atoms with van der Waals surface area (Å²) in [5.41, 5.74) is 1.93. The largest absolute Gasteiger partial charge is 0.381 e. The number of nitrogens with zero attached hydrogens (tertiary/aromatic N) is 1.